The second-order valence-electron chi connectivity index (χ2n) is 4.49. The van der Waals surface area contributed by atoms with E-state index in [1.54, 1.807) is 12.1 Å². The van der Waals surface area contributed by atoms with Crippen LogP contribution in [0.3, 0.4) is 0 Å². The number of aliphatic hydroxyl groups excluding tert-OH is 1. The minimum atomic E-state index is -3.75. The molecule has 0 heterocycles. The lowest BCUT2D eigenvalue weighted by atomic mass is 10.0. The Morgan fingerprint density at radius 1 is 1.32 bits per heavy atom. The quantitative estimate of drug-likeness (QED) is 0.680. The van der Waals surface area contributed by atoms with Gasteiger partial charge in [0.2, 0.25) is 15.9 Å². The topological polar surface area (TPSA) is 109 Å². The Balaban J connectivity index is 2.80. The standard InChI is InChI=1S/C12H18N2O4S/c1-8(2)9-3-5-10(6-4-9)19(17,18)14-7-11(15)12(13)16/h3-6,8,11,14-15H,7H2,1-2H3,(H2,13,16). The van der Waals surface area contributed by atoms with E-state index in [0.717, 1.165) is 5.56 Å². The van der Waals surface area contributed by atoms with Gasteiger partial charge in [0.05, 0.1) is 4.90 Å². The number of hydrogen-bond donors (Lipinski definition) is 3. The molecule has 7 heteroatoms. The van der Waals surface area contributed by atoms with E-state index in [4.69, 9.17) is 10.8 Å². The summed E-state index contributed by atoms with van der Waals surface area (Å²) < 4.78 is 25.9. The molecule has 1 amide bonds. The monoisotopic (exact) mass is 286 g/mol. The zero-order chi connectivity index (χ0) is 14.6. The van der Waals surface area contributed by atoms with Gasteiger partial charge in [0.1, 0.15) is 6.10 Å². The fourth-order valence-corrected chi connectivity index (χ4v) is 2.44. The number of carbonyl (C=O) groups is 1. The molecule has 0 aromatic heterocycles. The van der Waals surface area contributed by atoms with Crippen molar-refractivity contribution in [2.45, 2.75) is 30.8 Å². The summed E-state index contributed by atoms with van der Waals surface area (Å²) in [6, 6.07) is 6.41. The third kappa shape index (κ3) is 4.30. The summed E-state index contributed by atoms with van der Waals surface area (Å²) in [5.74, 6) is -0.667. The van der Waals surface area contributed by atoms with Gasteiger partial charge < -0.3 is 10.8 Å². The minimum absolute atomic E-state index is 0.0774. The number of rotatable bonds is 6. The smallest absolute Gasteiger partial charge is 0.247 e. The highest BCUT2D eigenvalue weighted by Crippen LogP contribution is 2.17. The SMILES string of the molecule is CC(C)c1ccc(S(=O)(=O)NCC(O)C(N)=O)cc1. The van der Waals surface area contributed by atoms with Crippen molar-refractivity contribution in [3.8, 4) is 0 Å². The summed E-state index contributed by atoms with van der Waals surface area (Å²) >= 11 is 0. The number of aliphatic hydroxyl groups is 1. The van der Waals surface area contributed by atoms with Gasteiger partial charge in [-0.2, -0.15) is 0 Å². The molecule has 6 nitrogen and oxygen atoms in total. The summed E-state index contributed by atoms with van der Waals surface area (Å²) in [7, 11) is -3.75. The van der Waals surface area contributed by atoms with Gasteiger partial charge >= 0.3 is 0 Å². The zero-order valence-corrected chi connectivity index (χ0v) is 11.6. The molecule has 1 rings (SSSR count). The number of benzene rings is 1. The molecule has 0 aliphatic heterocycles. The van der Waals surface area contributed by atoms with Crippen molar-refractivity contribution in [3.05, 3.63) is 29.8 Å². The highest BCUT2D eigenvalue weighted by Gasteiger charge is 2.18. The molecule has 1 aromatic carbocycles. The largest absolute Gasteiger partial charge is 0.382 e. The molecule has 0 saturated heterocycles. The van der Waals surface area contributed by atoms with E-state index in [9.17, 15) is 13.2 Å². The van der Waals surface area contributed by atoms with Crippen molar-refractivity contribution in [2.75, 3.05) is 6.54 Å². The Bertz CT molecular complexity index is 537. The zero-order valence-electron chi connectivity index (χ0n) is 10.8. The molecule has 106 valence electrons. The van der Waals surface area contributed by atoms with Crippen LogP contribution in [-0.4, -0.2) is 32.1 Å². The Morgan fingerprint density at radius 2 is 1.84 bits per heavy atom. The summed E-state index contributed by atoms with van der Waals surface area (Å²) in [6.45, 7) is 3.57. The Morgan fingerprint density at radius 3 is 2.26 bits per heavy atom. The van der Waals surface area contributed by atoms with Crippen molar-refractivity contribution >= 4 is 15.9 Å². The maximum absolute atomic E-state index is 11.9. The molecule has 1 unspecified atom stereocenters. The first kappa shape index (κ1) is 15.6. The van der Waals surface area contributed by atoms with Crippen molar-refractivity contribution in [1.82, 2.24) is 4.72 Å². The molecule has 0 spiro atoms. The molecule has 0 aliphatic carbocycles. The Kier molecular flexibility index (Phi) is 5.04. The first-order valence-corrected chi connectivity index (χ1v) is 7.29. The van der Waals surface area contributed by atoms with Crippen molar-refractivity contribution < 1.29 is 18.3 Å². The second kappa shape index (κ2) is 6.14. The maximum atomic E-state index is 11.9. The summed E-state index contributed by atoms with van der Waals surface area (Å²) in [6.07, 6.45) is -1.54. The van der Waals surface area contributed by atoms with Crippen LogP contribution in [0.15, 0.2) is 29.2 Å². The number of carbonyl (C=O) groups excluding carboxylic acids is 1. The summed E-state index contributed by atoms with van der Waals surface area (Å²) in [5.41, 5.74) is 5.86. The van der Waals surface area contributed by atoms with Crippen molar-refractivity contribution in [3.63, 3.8) is 0 Å². The molecule has 0 fully saturated rings. The van der Waals surface area contributed by atoms with E-state index in [0.29, 0.717) is 5.92 Å². The Labute approximate surface area is 112 Å². The number of sulfonamides is 1. The fraction of sp³-hybridized carbons (Fsp3) is 0.417. The molecule has 0 saturated carbocycles. The van der Waals surface area contributed by atoms with E-state index >= 15 is 0 Å². The van der Waals surface area contributed by atoms with Crippen LogP contribution in [-0.2, 0) is 14.8 Å². The summed E-state index contributed by atoms with van der Waals surface area (Å²) in [5, 5.41) is 9.15. The molecule has 0 radical (unpaired) electrons. The molecule has 19 heavy (non-hydrogen) atoms. The van der Waals surface area contributed by atoms with E-state index in [-0.39, 0.29) is 4.90 Å². The van der Waals surface area contributed by atoms with Crippen LogP contribution in [0.25, 0.3) is 0 Å². The molecular formula is C12H18N2O4S. The first-order valence-electron chi connectivity index (χ1n) is 5.81. The first-order chi connectivity index (χ1) is 8.74. The van der Waals surface area contributed by atoms with E-state index in [1.165, 1.54) is 12.1 Å². The van der Waals surface area contributed by atoms with Gasteiger partial charge in [0.15, 0.2) is 0 Å². The number of nitrogens with one attached hydrogen (secondary N) is 1. The summed E-state index contributed by atoms with van der Waals surface area (Å²) in [4.78, 5) is 10.7. The Hall–Kier alpha value is -1.44. The number of amides is 1. The number of nitrogens with two attached hydrogens (primary N) is 1. The van der Waals surface area contributed by atoms with Gasteiger partial charge in [-0.3, -0.25) is 4.79 Å². The lowest BCUT2D eigenvalue weighted by Gasteiger charge is -2.10. The fourth-order valence-electron chi connectivity index (χ4n) is 1.40. The highest BCUT2D eigenvalue weighted by atomic mass is 32.2. The van der Waals surface area contributed by atoms with Crippen LogP contribution < -0.4 is 10.5 Å². The molecule has 1 aromatic rings. The average Bonchev–Trinajstić information content (AvgIpc) is 2.36. The van der Waals surface area contributed by atoms with Gasteiger partial charge in [-0.15, -0.1) is 0 Å². The average molecular weight is 286 g/mol. The van der Waals surface area contributed by atoms with Gasteiger partial charge in [0, 0.05) is 6.54 Å². The third-order valence-corrected chi connectivity index (χ3v) is 4.09. The van der Waals surface area contributed by atoms with E-state index in [1.807, 2.05) is 13.8 Å². The van der Waals surface area contributed by atoms with Gasteiger partial charge in [0.25, 0.3) is 0 Å². The molecule has 0 aliphatic rings. The van der Waals surface area contributed by atoms with Crippen LogP contribution in [0.1, 0.15) is 25.3 Å². The van der Waals surface area contributed by atoms with Gasteiger partial charge in [-0.25, -0.2) is 13.1 Å². The second-order valence-corrected chi connectivity index (χ2v) is 6.26. The van der Waals surface area contributed by atoms with Crippen LogP contribution in [0.2, 0.25) is 0 Å². The maximum Gasteiger partial charge on any atom is 0.247 e. The predicted octanol–water partition coefficient (Wildman–Crippen LogP) is -0.0655. The molecular weight excluding hydrogens is 268 g/mol. The lowest BCUT2D eigenvalue weighted by molar-refractivity contribution is -0.125. The third-order valence-electron chi connectivity index (χ3n) is 2.65. The van der Waals surface area contributed by atoms with Gasteiger partial charge in [-0.05, 0) is 23.6 Å². The van der Waals surface area contributed by atoms with Crippen molar-refractivity contribution in [1.29, 1.82) is 0 Å². The van der Waals surface area contributed by atoms with E-state index in [2.05, 4.69) is 4.72 Å². The predicted molar refractivity (Wildman–Crippen MR) is 70.9 cm³/mol. The van der Waals surface area contributed by atoms with E-state index < -0.39 is 28.6 Å². The highest BCUT2D eigenvalue weighted by molar-refractivity contribution is 7.89. The van der Waals surface area contributed by atoms with Crippen molar-refractivity contribution in [2.24, 2.45) is 5.73 Å². The van der Waals surface area contributed by atoms with Gasteiger partial charge in [-0.1, -0.05) is 26.0 Å². The van der Waals surface area contributed by atoms with Crippen LogP contribution >= 0.6 is 0 Å². The molecule has 4 N–H and O–H groups in total. The number of hydrogen-bond acceptors (Lipinski definition) is 4. The lowest BCUT2D eigenvalue weighted by Crippen LogP contribution is -2.39. The molecule has 1 atom stereocenters. The van der Waals surface area contributed by atoms with Crippen LogP contribution in [0.4, 0.5) is 0 Å². The normalized spacial score (nSPS) is 13.5. The minimum Gasteiger partial charge on any atom is -0.382 e. The number of primary amides is 1. The molecule has 0 bridgehead atoms. The van der Waals surface area contributed by atoms with Crippen LogP contribution in [0, 0.1) is 0 Å². The van der Waals surface area contributed by atoms with Crippen LogP contribution in [0.5, 0.6) is 0 Å².